The van der Waals surface area contributed by atoms with Gasteiger partial charge >= 0.3 is 7.82 Å². The van der Waals surface area contributed by atoms with E-state index in [2.05, 4.69) is 4.72 Å². The molecule has 13 heteroatoms. The molecule has 0 radical (unpaired) electrons. The molecular formula is C32H34NO10PS. The molecule has 0 saturated carbocycles. The monoisotopic (exact) mass is 655 g/mol. The third-order valence-electron chi connectivity index (χ3n) is 6.64. The van der Waals surface area contributed by atoms with Gasteiger partial charge < -0.3 is 23.8 Å². The van der Waals surface area contributed by atoms with Crippen LogP contribution in [0.4, 0.5) is 0 Å². The first-order chi connectivity index (χ1) is 21.6. The second kappa shape index (κ2) is 15.1. The lowest BCUT2D eigenvalue weighted by atomic mass is 9.99. The Morgan fingerprint density at radius 3 is 2.00 bits per heavy atom. The Bertz CT molecular complexity index is 1770. The Kier molecular flexibility index (Phi) is 11.3. The minimum absolute atomic E-state index is 0.0497. The van der Waals surface area contributed by atoms with E-state index in [9.17, 15) is 17.9 Å². The van der Waals surface area contributed by atoms with Gasteiger partial charge in [-0.3, -0.25) is 13.8 Å². The van der Waals surface area contributed by atoms with E-state index in [1.165, 1.54) is 58.9 Å². The van der Waals surface area contributed by atoms with Crippen LogP contribution in [-0.4, -0.2) is 41.8 Å². The largest absolute Gasteiger partial charge is 0.496 e. The second-order valence-corrected chi connectivity index (χ2v) is 12.6. The zero-order valence-electron chi connectivity index (χ0n) is 25.1. The fraction of sp³-hybridized carbons (Fsp3) is 0.188. The van der Waals surface area contributed by atoms with E-state index in [4.69, 9.17) is 28.0 Å². The van der Waals surface area contributed by atoms with Crippen LogP contribution in [0.15, 0.2) is 96.0 Å². The third kappa shape index (κ3) is 8.65. The molecule has 4 rings (SSSR count). The van der Waals surface area contributed by atoms with Gasteiger partial charge in [0.2, 0.25) is 0 Å². The summed E-state index contributed by atoms with van der Waals surface area (Å²) in [6.45, 7) is -0.394. The fourth-order valence-electron chi connectivity index (χ4n) is 4.36. The van der Waals surface area contributed by atoms with Crippen molar-refractivity contribution in [1.82, 2.24) is 4.72 Å². The Balaban J connectivity index is 1.57. The normalized spacial score (nSPS) is 12.8. The van der Waals surface area contributed by atoms with Gasteiger partial charge in [0.15, 0.2) is 0 Å². The molecule has 0 saturated heterocycles. The molecule has 1 unspecified atom stereocenters. The van der Waals surface area contributed by atoms with E-state index in [-0.39, 0.29) is 18.1 Å². The van der Waals surface area contributed by atoms with Crippen molar-refractivity contribution in [3.05, 3.63) is 108 Å². The highest BCUT2D eigenvalue weighted by molar-refractivity contribution is 7.89. The van der Waals surface area contributed by atoms with Gasteiger partial charge in [-0.1, -0.05) is 54.6 Å². The van der Waals surface area contributed by atoms with Gasteiger partial charge in [0.25, 0.3) is 10.0 Å². The van der Waals surface area contributed by atoms with Crippen molar-refractivity contribution in [1.29, 1.82) is 0 Å². The maximum atomic E-state index is 13.3. The first kappa shape index (κ1) is 33.6. The van der Waals surface area contributed by atoms with Crippen LogP contribution in [0.5, 0.6) is 23.0 Å². The molecule has 0 bridgehead atoms. The highest BCUT2D eigenvalue weighted by atomic mass is 32.2. The van der Waals surface area contributed by atoms with E-state index >= 15 is 0 Å². The van der Waals surface area contributed by atoms with Gasteiger partial charge in [0.05, 0.1) is 52.1 Å². The molecule has 1 atom stereocenters. The van der Waals surface area contributed by atoms with Crippen molar-refractivity contribution in [2.24, 2.45) is 0 Å². The number of nitrogens with one attached hydrogen (secondary N) is 1. The molecule has 2 N–H and O–H groups in total. The summed E-state index contributed by atoms with van der Waals surface area (Å²) in [6, 6.07) is 23.5. The minimum Gasteiger partial charge on any atom is -0.496 e. The van der Waals surface area contributed by atoms with Crippen molar-refractivity contribution in [2.45, 2.75) is 18.1 Å². The molecule has 0 fully saturated rings. The smallest absolute Gasteiger partial charge is 0.472 e. The summed E-state index contributed by atoms with van der Waals surface area (Å²) in [5, 5.41) is 0. The lowest BCUT2D eigenvalue weighted by molar-refractivity contribution is 0.137. The lowest BCUT2D eigenvalue weighted by Crippen LogP contribution is -2.18. The second-order valence-electron chi connectivity index (χ2n) is 9.42. The van der Waals surface area contributed by atoms with Gasteiger partial charge in [0, 0.05) is 23.9 Å². The number of ether oxygens (including phenoxy) is 4. The molecule has 0 amide bonds. The Labute approximate surface area is 262 Å². The molecule has 4 aromatic rings. The topological polar surface area (TPSA) is 139 Å². The number of rotatable bonds is 15. The summed E-state index contributed by atoms with van der Waals surface area (Å²) in [6.07, 6.45) is 2.78. The molecule has 0 aromatic heterocycles. The van der Waals surface area contributed by atoms with Crippen molar-refractivity contribution in [3.8, 4) is 34.1 Å². The molecule has 4 aromatic carbocycles. The zero-order chi connectivity index (χ0) is 32.5. The lowest BCUT2D eigenvalue weighted by Gasteiger charge is -2.17. The van der Waals surface area contributed by atoms with E-state index in [0.717, 1.165) is 0 Å². The number of phosphoric acid groups is 1. The van der Waals surface area contributed by atoms with E-state index in [1.807, 2.05) is 6.07 Å². The Hall–Kier alpha value is -4.32. The van der Waals surface area contributed by atoms with Crippen LogP contribution in [0.2, 0.25) is 0 Å². The number of hydrogen-bond donors (Lipinski definition) is 2. The molecule has 11 nitrogen and oxygen atoms in total. The van der Waals surface area contributed by atoms with Crippen LogP contribution in [-0.2, 0) is 36.8 Å². The molecule has 0 aliphatic carbocycles. The van der Waals surface area contributed by atoms with Gasteiger partial charge in [-0.2, -0.15) is 0 Å². The SMILES string of the molecule is COc1cc(OC)c(/C=C/NS(=O)(=O)c2ccc(OC)c(-c3ccccc3COP(=O)(O)OCc3ccccc3)c2)c(OC)c1. The first-order valence-electron chi connectivity index (χ1n) is 13.5. The van der Waals surface area contributed by atoms with Gasteiger partial charge in [-0.15, -0.1) is 0 Å². The Morgan fingerprint density at radius 2 is 1.36 bits per heavy atom. The van der Waals surface area contributed by atoms with Crippen molar-refractivity contribution in [3.63, 3.8) is 0 Å². The maximum Gasteiger partial charge on any atom is 0.472 e. The van der Waals surface area contributed by atoms with Crippen molar-refractivity contribution < 1.29 is 45.9 Å². The van der Waals surface area contributed by atoms with Crippen LogP contribution < -0.4 is 23.7 Å². The molecule has 45 heavy (non-hydrogen) atoms. The Morgan fingerprint density at radius 1 is 0.733 bits per heavy atom. The summed E-state index contributed by atoms with van der Waals surface area (Å²) in [5.41, 5.74) is 2.69. The summed E-state index contributed by atoms with van der Waals surface area (Å²) in [4.78, 5) is 10.2. The molecule has 0 aliphatic heterocycles. The number of hydrogen-bond acceptors (Lipinski definition) is 9. The molecule has 0 heterocycles. The van der Waals surface area contributed by atoms with Crippen molar-refractivity contribution >= 4 is 23.9 Å². The van der Waals surface area contributed by atoms with Gasteiger partial charge in [0.1, 0.15) is 23.0 Å². The fourth-order valence-corrected chi connectivity index (χ4v) is 5.96. The number of phosphoric ester groups is 1. The predicted octanol–water partition coefficient (Wildman–Crippen LogP) is 6.17. The summed E-state index contributed by atoms with van der Waals surface area (Å²) in [5.74, 6) is 1.74. The predicted molar refractivity (Wildman–Crippen MR) is 170 cm³/mol. The summed E-state index contributed by atoms with van der Waals surface area (Å²) < 4.78 is 73.8. The number of sulfonamides is 1. The minimum atomic E-state index is -4.41. The highest BCUT2D eigenvalue weighted by Crippen LogP contribution is 2.46. The van der Waals surface area contributed by atoms with E-state index < -0.39 is 17.8 Å². The number of benzene rings is 4. The molecular weight excluding hydrogens is 621 g/mol. The van der Waals surface area contributed by atoms with E-state index in [1.54, 1.807) is 60.7 Å². The standard InChI is InChI=1S/C32H34NO10PS/c1-38-25-18-31(40-3)28(32(19-25)41-4)16-17-33-45(36,37)26-14-15-30(39-2)29(20-26)27-13-9-8-12-24(27)22-43-44(34,35)42-21-23-10-6-5-7-11-23/h5-20,33H,21-22H2,1-4H3,(H,34,35)/b17-16+. The van der Waals surface area contributed by atoms with Crippen molar-refractivity contribution in [2.75, 3.05) is 28.4 Å². The van der Waals surface area contributed by atoms with Gasteiger partial charge in [-0.05, 0) is 41.0 Å². The summed E-state index contributed by atoms with van der Waals surface area (Å²) >= 11 is 0. The van der Waals surface area contributed by atoms with Crippen LogP contribution in [0.25, 0.3) is 17.2 Å². The average Bonchev–Trinajstić information content (AvgIpc) is 3.06. The molecule has 238 valence electrons. The number of methoxy groups -OCH3 is 4. The molecule has 0 spiro atoms. The zero-order valence-corrected chi connectivity index (χ0v) is 26.8. The van der Waals surface area contributed by atoms with Crippen LogP contribution in [0.3, 0.4) is 0 Å². The van der Waals surface area contributed by atoms with Crippen LogP contribution in [0.1, 0.15) is 16.7 Å². The van der Waals surface area contributed by atoms with Crippen LogP contribution in [0, 0.1) is 0 Å². The van der Waals surface area contributed by atoms with E-state index in [0.29, 0.717) is 50.8 Å². The van der Waals surface area contributed by atoms with Gasteiger partial charge in [-0.25, -0.2) is 13.0 Å². The summed E-state index contributed by atoms with van der Waals surface area (Å²) in [7, 11) is -2.53. The highest BCUT2D eigenvalue weighted by Gasteiger charge is 2.23. The quantitative estimate of drug-likeness (QED) is 0.143. The first-order valence-corrected chi connectivity index (χ1v) is 16.5. The third-order valence-corrected chi connectivity index (χ3v) is 8.87. The van der Waals surface area contributed by atoms with Crippen LogP contribution >= 0.6 is 7.82 Å². The molecule has 0 aliphatic rings. The average molecular weight is 656 g/mol. The maximum absolute atomic E-state index is 13.3.